The molecule has 1 atom stereocenters. The molecule has 0 unspecified atom stereocenters. The third kappa shape index (κ3) is 4.44. The van der Waals surface area contributed by atoms with Crippen molar-refractivity contribution >= 4 is 11.6 Å². The molecule has 8 nitrogen and oxygen atoms in total. The molecule has 3 rings (SSSR count). The van der Waals surface area contributed by atoms with E-state index in [1.54, 1.807) is 33.5 Å². The molecular formula is C23H28N2O6. The summed E-state index contributed by atoms with van der Waals surface area (Å²) >= 11 is 0. The van der Waals surface area contributed by atoms with Crippen LogP contribution in [-0.2, 0) is 11.2 Å². The number of aryl methyl sites for hydroxylation is 1. The monoisotopic (exact) mass is 428 g/mol. The van der Waals surface area contributed by atoms with Crippen LogP contribution in [0.5, 0.6) is 17.2 Å². The third-order valence-electron chi connectivity index (χ3n) is 5.34. The van der Waals surface area contributed by atoms with Crippen LogP contribution in [0.1, 0.15) is 30.5 Å². The van der Waals surface area contributed by atoms with Gasteiger partial charge in [0.25, 0.3) is 0 Å². The predicted molar refractivity (Wildman–Crippen MR) is 118 cm³/mol. The van der Waals surface area contributed by atoms with Gasteiger partial charge >= 0.3 is 0 Å². The van der Waals surface area contributed by atoms with Crippen molar-refractivity contribution in [3.05, 3.63) is 45.6 Å². The standard InChI is InChI=1S/C23H28N2O6/c1-13(27)25-17-7-5-14-11-20(29-2)22(30-3)23(31-4)21(14)15-6-8-18(24-9-10-26)19(28)12-16(15)17/h6,8,11-12,17,26H,5,7,9-10H2,1-4H3,(H,24,28)(H,25,27)/t17-/m1/s1. The van der Waals surface area contributed by atoms with Crippen LogP contribution in [0.4, 0.5) is 5.69 Å². The smallest absolute Gasteiger partial charge is 0.217 e. The lowest BCUT2D eigenvalue weighted by atomic mass is 9.95. The van der Waals surface area contributed by atoms with Gasteiger partial charge in [-0.15, -0.1) is 0 Å². The lowest BCUT2D eigenvalue weighted by Crippen LogP contribution is -2.26. The Labute approximate surface area is 181 Å². The molecule has 0 heterocycles. The molecule has 0 bridgehead atoms. The van der Waals surface area contributed by atoms with E-state index in [1.807, 2.05) is 12.1 Å². The van der Waals surface area contributed by atoms with Crippen LogP contribution >= 0.6 is 0 Å². The highest BCUT2D eigenvalue weighted by Gasteiger charge is 2.29. The third-order valence-corrected chi connectivity index (χ3v) is 5.34. The van der Waals surface area contributed by atoms with Crippen molar-refractivity contribution in [1.82, 2.24) is 5.32 Å². The zero-order chi connectivity index (χ0) is 22.5. The average molecular weight is 428 g/mol. The molecule has 2 aromatic carbocycles. The number of methoxy groups -OCH3 is 3. The first-order chi connectivity index (χ1) is 14.9. The van der Waals surface area contributed by atoms with Crippen molar-refractivity contribution in [3.8, 4) is 28.4 Å². The van der Waals surface area contributed by atoms with E-state index in [9.17, 15) is 9.59 Å². The topological polar surface area (TPSA) is 106 Å². The second kappa shape index (κ2) is 9.70. The maximum absolute atomic E-state index is 12.9. The molecule has 0 aromatic heterocycles. The summed E-state index contributed by atoms with van der Waals surface area (Å²) in [7, 11) is 4.67. The van der Waals surface area contributed by atoms with Gasteiger partial charge in [0, 0.05) is 19.0 Å². The Morgan fingerprint density at radius 3 is 2.48 bits per heavy atom. The summed E-state index contributed by atoms with van der Waals surface area (Å²) < 4.78 is 16.8. The lowest BCUT2D eigenvalue weighted by Gasteiger charge is -2.19. The van der Waals surface area contributed by atoms with Crippen molar-refractivity contribution in [2.75, 3.05) is 39.8 Å². The number of aliphatic hydroxyl groups excluding tert-OH is 1. The highest BCUT2D eigenvalue weighted by molar-refractivity contribution is 5.83. The van der Waals surface area contributed by atoms with Crippen LogP contribution in [0, 0.1) is 0 Å². The Morgan fingerprint density at radius 1 is 1.13 bits per heavy atom. The average Bonchev–Trinajstić information content (AvgIpc) is 2.99. The minimum Gasteiger partial charge on any atom is -0.493 e. The maximum atomic E-state index is 12.9. The normalized spacial score (nSPS) is 14.5. The van der Waals surface area contributed by atoms with Gasteiger partial charge in [0.05, 0.1) is 39.7 Å². The Balaban J connectivity index is 2.36. The van der Waals surface area contributed by atoms with Gasteiger partial charge < -0.3 is 30.0 Å². The Bertz CT molecular complexity index is 1040. The molecule has 3 N–H and O–H groups in total. The largest absolute Gasteiger partial charge is 0.493 e. The fourth-order valence-electron chi connectivity index (χ4n) is 4.04. The molecule has 166 valence electrons. The summed E-state index contributed by atoms with van der Waals surface area (Å²) in [6.07, 6.45) is 1.24. The number of carbonyl (C=O) groups is 1. The van der Waals surface area contributed by atoms with Gasteiger partial charge in [-0.3, -0.25) is 9.59 Å². The van der Waals surface area contributed by atoms with Crippen LogP contribution in [0.15, 0.2) is 29.1 Å². The zero-order valence-electron chi connectivity index (χ0n) is 18.2. The first-order valence-electron chi connectivity index (χ1n) is 10.1. The molecule has 0 saturated carbocycles. The van der Waals surface area contributed by atoms with Crippen LogP contribution in [0.25, 0.3) is 11.1 Å². The lowest BCUT2D eigenvalue weighted by molar-refractivity contribution is -0.119. The molecule has 1 amide bonds. The molecular weight excluding hydrogens is 400 g/mol. The minimum absolute atomic E-state index is 0.0973. The van der Waals surface area contributed by atoms with Crippen molar-refractivity contribution in [2.45, 2.75) is 25.8 Å². The molecule has 0 saturated heterocycles. The predicted octanol–water partition coefficient (Wildman–Crippen LogP) is 2.27. The summed E-state index contributed by atoms with van der Waals surface area (Å²) in [5, 5.41) is 15.0. The number of aliphatic hydroxyl groups is 1. The van der Waals surface area contributed by atoms with Gasteiger partial charge in [-0.1, -0.05) is 6.07 Å². The van der Waals surface area contributed by atoms with Gasteiger partial charge in [-0.25, -0.2) is 0 Å². The van der Waals surface area contributed by atoms with E-state index in [4.69, 9.17) is 19.3 Å². The second-order valence-electron chi connectivity index (χ2n) is 7.25. The second-order valence-corrected chi connectivity index (χ2v) is 7.25. The highest BCUT2D eigenvalue weighted by Crippen LogP contribution is 2.50. The van der Waals surface area contributed by atoms with Gasteiger partial charge in [-0.2, -0.15) is 0 Å². The van der Waals surface area contributed by atoms with Gasteiger partial charge in [0.1, 0.15) is 0 Å². The minimum atomic E-state index is -0.354. The molecule has 0 radical (unpaired) electrons. The van der Waals surface area contributed by atoms with E-state index in [0.717, 1.165) is 16.7 Å². The Morgan fingerprint density at radius 2 is 1.87 bits per heavy atom. The van der Waals surface area contributed by atoms with Crippen LogP contribution in [0.2, 0.25) is 0 Å². The van der Waals surface area contributed by atoms with Crippen molar-refractivity contribution < 1.29 is 24.1 Å². The van der Waals surface area contributed by atoms with E-state index in [0.29, 0.717) is 41.3 Å². The number of hydrogen-bond acceptors (Lipinski definition) is 7. The summed E-state index contributed by atoms with van der Waals surface area (Å²) in [4.78, 5) is 24.8. The molecule has 0 fully saturated rings. The van der Waals surface area contributed by atoms with E-state index in [1.165, 1.54) is 6.92 Å². The molecule has 1 aliphatic rings. The number of hydrogen-bond donors (Lipinski definition) is 3. The zero-order valence-corrected chi connectivity index (χ0v) is 18.2. The van der Waals surface area contributed by atoms with E-state index < -0.39 is 0 Å². The highest BCUT2D eigenvalue weighted by atomic mass is 16.5. The van der Waals surface area contributed by atoms with Crippen molar-refractivity contribution in [2.24, 2.45) is 0 Å². The molecule has 0 spiro atoms. The number of amides is 1. The van der Waals surface area contributed by atoms with Crippen LogP contribution in [-0.4, -0.2) is 45.5 Å². The number of fused-ring (bicyclic) bond motifs is 3. The summed E-state index contributed by atoms with van der Waals surface area (Å²) in [5.41, 5.74) is 3.36. The Kier molecular flexibility index (Phi) is 7.02. The molecule has 1 aliphatic carbocycles. The van der Waals surface area contributed by atoms with Gasteiger partial charge in [0.2, 0.25) is 17.1 Å². The molecule has 31 heavy (non-hydrogen) atoms. The van der Waals surface area contributed by atoms with E-state index >= 15 is 0 Å². The number of benzene rings is 1. The van der Waals surface area contributed by atoms with Crippen LogP contribution < -0.4 is 30.3 Å². The van der Waals surface area contributed by atoms with Crippen LogP contribution in [0.3, 0.4) is 0 Å². The molecule has 8 heteroatoms. The SMILES string of the molecule is COc1cc2c(c(OC)c1OC)-c1ccc(NCCO)c(=O)cc1[C@H](NC(C)=O)CC2. The Hall–Kier alpha value is -3.26. The van der Waals surface area contributed by atoms with Gasteiger partial charge in [0.15, 0.2) is 11.5 Å². The van der Waals surface area contributed by atoms with Crippen molar-refractivity contribution in [3.63, 3.8) is 0 Å². The number of anilines is 1. The van der Waals surface area contributed by atoms with Crippen molar-refractivity contribution in [1.29, 1.82) is 0 Å². The number of carbonyl (C=O) groups excluding carboxylic acids is 1. The number of rotatable bonds is 7. The van der Waals surface area contributed by atoms with E-state index in [2.05, 4.69) is 10.6 Å². The summed E-state index contributed by atoms with van der Waals surface area (Å²) in [6.45, 7) is 1.61. The fourth-order valence-corrected chi connectivity index (χ4v) is 4.04. The van der Waals surface area contributed by atoms with Gasteiger partial charge in [-0.05, 0) is 47.7 Å². The molecule has 2 aromatic rings. The summed E-state index contributed by atoms with van der Waals surface area (Å²) in [5.74, 6) is 1.33. The summed E-state index contributed by atoms with van der Waals surface area (Å²) in [6, 6.07) is 6.62. The first-order valence-corrected chi connectivity index (χ1v) is 10.1. The maximum Gasteiger partial charge on any atom is 0.217 e. The molecule has 0 aliphatic heterocycles. The number of ether oxygens (including phenoxy) is 3. The quantitative estimate of drug-likeness (QED) is 0.621. The van der Waals surface area contributed by atoms with E-state index in [-0.39, 0.29) is 30.5 Å². The number of nitrogens with one attached hydrogen (secondary N) is 2. The fraction of sp³-hybridized carbons (Fsp3) is 0.391. The first kappa shape index (κ1) is 22.4.